The van der Waals surface area contributed by atoms with Crippen molar-refractivity contribution in [1.82, 2.24) is 0 Å². The van der Waals surface area contributed by atoms with E-state index in [1.54, 1.807) is 0 Å². The molecule has 3 rings (SSSR count). The van der Waals surface area contributed by atoms with Gasteiger partial charge in [0.15, 0.2) is 11.6 Å². The number of rotatable bonds is 2. The predicted molar refractivity (Wildman–Crippen MR) is 60.4 cm³/mol. The fourth-order valence-corrected chi connectivity index (χ4v) is 3.44. The van der Waals surface area contributed by atoms with Crippen molar-refractivity contribution < 1.29 is 13.9 Å². The molecule has 0 saturated heterocycles. The van der Waals surface area contributed by atoms with E-state index < -0.39 is 17.7 Å². The summed E-state index contributed by atoms with van der Waals surface area (Å²) in [6.07, 6.45) is 2.63. The van der Waals surface area contributed by atoms with Gasteiger partial charge >= 0.3 is 0 Å². The summed E-state index contributed by atoms with van der Waals surface area (Å²) in [7, 11) is 0. The Morgan fingerprint density at radius 2 is 1.82 bits per heavy atom. The number of benzene rings is 1. The average molecular weight is 238 g/mol. The van der Waals surface area contributed by atoms with Crippen molar-refractivity contribution in [3.8, 4) is 0 Å². The number of hydrogen-bond acceptors (Lipinski definition) is 1. The van der Waals surface area contributed by atoms with E-state index in [1.165, 1.54) is 25.5 Å². The Morgan fingerprint density at radius 3 is 2.47 bits per heavy atom. The van der Waals surface area contributed by atoms with Crippen LogP contribution in [0.5, 0.6) is 0 Å². The van der Waals surface area contributed by atoms with Crippen molar-refractivity contribution in [3.05, 3.63) is 34.9 Å². The van der Waals surface area contributed by atoms with Gasteiger partial charge in [-0.3, -0.25) is 0 Å². The van der Waals surface area contributed by atoms with Crippen LogP contribution in [0.15, 0.2) is 12.1 Å². The van der Waals surface area contributed by atoms with Crippen LogP contribution in [0.3, 0.4) is 0 Å². The van der Waals surface area contributed by atoms with E-state index in [0.29, 0.717) is 11.8 Å². The minimum absolute atomic E-state index is 0.132. The van der Waals surface area contributed by atoms with E-state index in [1.807, 2.05) is 0 Å². The molecule has 0 aromatic heterocycles. The molecule has 0 bridgehead atoms. The highest BCUT2D eigenvalue weighted by Crippen LogP contribution is 2.62. The second-order valence-corrected chi connectivity index (χ2v) is 5.38. The predicted octanol–water partition coefficient (Wildman–Crippen LogP) is 3.35. The number of aliphatic hydroxyl groups excluding tert-OH is 1. The lowest BCUT2D eigenvalue weighted by Crippen LogP contribution is -2.08. The number of aryl methyl sites for hydroxylation is 1. The lowest BCUT2D eigenvalue weighted by atomic mass is 9.98. The van der Waals surface area contributed by atoms with Gasteiger partial charge in [-0.1, -0.05) is 18.6 Å². The summed E-state index contributed by atoms with van der Waals surface area (Å²) in [5.74, 6) is -0.474. The van der Waals surface area contributed by atoms with Gasteiger partial charge in [-0.05, 0) is 43.1 Å². The normalized spacial score (nSPS) is 32.4. The Hall–Kier alpha value is -0.960. The molecule has 2 saturated carbocycles. The van der Waals surface area contributed by atoms with Crippen LogP contribution in [0.25, 0.3) is 0 Å². The van der Waals surface area contributed by atoms with Crippen LogP contribution in [0.1, 0.15) is 36.5 Å². The maximum Gasteiger partial charge on any atom is 0.164 e. The van der Waals surface area contributed by atoms with Gasteiger partial charge in [0.25, 0.3) is 0 Å². The summed E-state index contributed by atoms with van der Waals surface area (Å²) < 4.78 is 27.2. The van der Waals surface area contributed by atoms with E-state index in [0.717, 1.165) is 12.8 Å². The molecule has 0 spiro atoms. The number of aliphatic hydroxyl groups is 1. The third-order valence-electron chi connectivity index (χ3n) is 4.46. The molecular formula is C14H16F2O. The van der Waals surface area contributed by atoms with Crippen molar-refractivity contribution in [2.24, 2.45) is 17.8 Å². The molecule has 3 unspecified atom stereocenters. The molecule has 0 heterocycles. The van der Waals surface area contributed by atoms with E-state index in [-0.39, 0.29) is 17.0 Å². The topological polar surface area (TPSA) is 20.2 Å². The van der Waals surface area contributed by atoms with Crippen LogP contribution >= 0.6 is 0 Å². The smallest absolute Gasteiger partial charge is 0.164 e. The summed E-state index contributed by atoms with van der Waals surface area (Å²) in [6, 6.07) is 3.06. The van der Waals surface area contributed by atoms with Gasteiger partial charge in [0.05, 0.1) is 6.10 Å². The summed E-state index contributed by atoms with van der Waals surface area (Å²) in [6.45, 7) is 1.53. The van der Waals surface area contributed by atoms with Crippen molar-refractivity contribution >= 4 is 0 Å². The molecule has 2 fully saturated rings. The Kier molecular flexibility index (Phi) is 2.47. The summed E-state index contributed by atoms with van der Waals surface area (Å²) in [5.41, 5.74) is 0.418. The first-order valence-corrected chi connectivity index (χ1v) is 6.24. The van der Waals surface area contributed by atoms with Crippen LogP contribution in [-0.4, -0.2) is 5.11 Å². The molecule has 0 amide bonds. The number of hydrogen-bond donors (Lipinski definition) is 1. The first-order valence-electron chi connectivity index (χ1n) is 6.24. The molecule has 3 heteroatoms. The molecule has 0 aliphatic heterocycles. The van der Waals surface area contributed by atoms with Crippen LogP contribution in [0.4, 0.5) is 8.78 Å². The highest BCUT2D eigenvalue weighted by atomic mass is 19.2. The van der Waals surface area contributed by atoms with Crippen LogP contribution in [-0.2, 0) is 0 Å². The summed E-state index contributed by atoms with van der Waals surface area (Å²) in [4.78, 5) is 0. The number of halogens is 2. The minimum atomic E-state index is -0.873. The molecule has 92 valence electrons. The van der Waals surface area contributed by atoms with Crippen molar-refractivity contribution in [3.63, 3.8) is 0 Å². The first-order chi connectivity index (χ1) is 8.11. The third-order valence-corrected chi connectivity index (χ3v) is 4.46. The van der Waals surface area contributed by atoms with Crippen molar-refractivity contribution in [2.75, 3.05) is 0 Å². The molecule has 2 aliphatic carbocycles. The highest BCUT2D eigenvalue weighted by Gasteiger charge is 2.56. The molecule has 3 atom stereocenters. The van der Waals surface area contributed by atoms with Gasteiger partial charge in [0, 0.05) is 5.56 Å². The maximum atomic E-state index is 13.7. The fraction of sp³-hybridized carbons (Fsp3) is 0.571. The van der Waals surface area contributed by atoms with Gasteiger partial charge in [-0.15, -0.1) is 0 Å². The second-order valence-electron chi connectivity index (χ2n) is 5.38. The van der Waals surface area contributed by atoms with E-state index in [9.17, 15) is 13.9 Å². The summed E-state index contributed by atoms with van der Waals surface area (Å²) in [5, 5.41) is 10.2. The van der Waals surface area contributed by atoms with Gasteiger partial charge in [0.2, 0.25) is 0 Å². The SMILES string of the molecule is Cc1ccc(C(O)C2C3CCCC32)c(F)c1F. The average Bonchev–Trinajstić information content (AvgIpc) is 2.79. The molecular weight excluding hydrogens is 222 g/mol. The lowest BCUT2D eigenvalue weighted by molar-refractivity contribution is 0.132. The zero-order chi connectivity index (χ0) is 12.2. The minimum Gasteiger partial charge on any atom is -0.388 e. The van der Waals surface area contributed by atoms with Gasteiger partial charge in [-0.25, -0.2) is 8.78 Å². The fourth-order valence-electron chi connectivity index (χ4n) is 3.44. The molecule has 17 heavy (non-hydrogen) atoms. The largest absolute Gasteiger partial charge is 0.388 e. The molecule has 1 N–H and O–H groups in total. The van der Waals surface area contributed by atoms with E-state index in [4.69, 9.17) is 0 Å². The molecule has 0 radical (unpaired) electrons. The van der Waals surface area contributed by atoms with Crippen LogP contribution < -0.4 is 0 Å². The lowest BCUT2D eigenvalue weighted by Gasteiger charge is -2.14. The Bertz CT molecular complexity index is 448. The Balaban J connectivity index is 1.87. The second kappa shape index (κ2) is 3.77. The van der Waals surface area contributed by atoms with Gasteiger partial charge in [-0.2, -0.15) is 0 Å². The third kappa shape index (κ3) is 1.60. The highest BCUT2D eigenvalue weighted by molar-refractivity contribution is 5.29. The summed E-state index contributed by atoms with van der Waals surface area (Å²) >= 11 is 0. The standard InChI is InChI=1S/C14H16F2O/c1-7-5-6-10(13(16)12(7)15)14(17)11-8-3-2-4-9(8)11/h5-6,8-9,11,14,17H,2-4H2,1H3. The van der Waals surface area contributed by atoms with E-state index >= 15 is 0 Å². The maximum absolute atomic E-state index is 13.7. The molecule has 2 aliphatic rings. The first kappa shape index (κ1) is 11.1. The monoisotopic (exact) mass is 238 g/mol. The molecule has 1 aromatic rings. The zero-order valence-electron chi connectivity index (χ0n) is 9.79. The van der Waals surface area contributed by atoms with Crippen LogP contribution in [0.2, 0.25) is 0 Å². The molecule has 1 nitrogen and oxygen atoms in total. The Labute approximate surface area is 99.5 Å². The molecule has 1 aromatic carbocycles. The van der Waals surface area contributed by atoms with Gasteiger partial charge < -0.3 is 5.11 Å². The Morgan fingerprint density at radius 1 is 1.18 bits per heavy atom. The zero-order valence-corrected chi connectivity index (χ0v) is 9.79. The van der Waals surface area contributed by atoms with Crippen molar-refractivity contribution in [2.45, 2.75) is 32.3 Å². The van der Waals surface area contributed by atoms with Crippen molar-refractivity contribution in [1.29, 1.82) is 0 Å². The van der Waals surface area contributed by atoms with Crippen LogP contribution in [0, 0.1) is 36.3 Å². The number of fused-ring (bicyclic) bond motifs is 1. The van der Waals surface area contributed by atoms with E-state index in [2.05, 4.69) is 0 Å². The van der Waals surface area contributed by atoms with Gasteiger partial charge in [0.1, 0.15) is 0 Å². The quantitative estimate of drug-likeness (QED) is 0.837.